The van der Waals surface area contributed by atoms with Crippen molar-refractivity contribution in [3.05, 3.63) is 66.6 Å². The summed E-state index contributed by atoms with van der Waals surface area (Å²) in [6.07, 6.45) is 1.59. The fraction of sp³-hybridized carbons (Fsp3) is 0. The smallest absolute Gasteiger partial charge is 0.272 e. The lowest BCUT2D eigenvalue weighted by atomic mass is 10.1. The molecule has 0 saturated heterocycles. The van der Waals surface area contributed by atoms with E-state index in [9.17, 15) is 4.79 Å². The van der Waals surface area contributed by atoms with Gasteiger partial charge in [-0.05, 0) is 22.9 Å². The molecule has 0 radical (unpaired) electrons. The fourth-order valence-corrected chi connectivity index (χ4v) is 2.44. The van der Waals surface area contributed by atoms with Crippen LogP contribution >= 0.6 is 0 Å². The van der Waals surface area contributed by atoms with E-state index in [-0.39, 0.29) is 5.91 Å². The number of amides is 1. The van der Waals surface area contributed by atoms with Gasteiger partial charge < -0.3 is 14.7 Å². The molecule has 0 aliphatic heterocycles. The highest BCUT2D eigenvalue weighted by Crippen LogP contribution is 2.20. The average molecular weight is 276 g/mol. The number of aromatic nitrogens is 1. The summed E-state index contributed by atoms with van der Waals surface area (Å²) < 4.78 is 5.25. The Kier molecular flexibility index (Phi) is 2.54. The molecule has 0 fully saturated rings. The number of rotatable bonds is 2. The van der Waals surface area contributed by atoms with Gasteiger partial charge in [0, 0.05) is 17.8 Å². The second kappa shape index (κ2) is 4.52. The van der Waals surface area contributed by atoms with E-state index in [0.717, 1.165) is 22.0 Å². The van der Waals surface area contributed by atoms with E-state index in [2.05, 4.69) is 10.3 Å². The van der Waals surface area contributed by atoms with Gasteiger partial charge in [0.15, 0.2) is 5.58 Å². The van der Waals surface area contributed by atoms with Crippen molar-refractivity contribution < 1.29 is 9.21 Å². The highest BCUT2D eigenvalue weighted by molar-refractivity contribution is 6.06. The lowest BCUT2D eigenvalue weighted by molar-refractivity contribution is 0.102. The number of benzene rings is 2. The molecule has 0 unspecified atom stereocenters. The molecule has 4 rings (SSSR count). The highest BCUT2D eigenvalue weighted by Gasteiger charge is 2.11. The number of hydrogen-bond acceptors (Lipinski definition) is 2. The van der Waals surface area contributed by atoms with Gasteiger partial charge in [0.1, 0.15) is 5.69 Å². The molecule has 0 atom stereocenters. The molecule has 4 nitrogen and oxygen atoms in total. The van der Waals surface area contributed by atoms with Crippen LogP contribution in [0.15, 0.2) is 65.3 Å². The van der Waals surface area contributed by atoms with Gasteiger partial charge in [0.25, 0.3) is 5.91 Å². The number of H-pyrrole nitrogens is 1. The summed E-state index contributed by atoms with van der Waals surface area (Å²) in [5.41, 5.74) is 2.75. The zero-order chi connectivity index (χ0) is 14.2. The molecule has 2 aromatic carbocycles. The van der Waals surface area contributed by atoms with Crippen molar-refractivity contribution in [3.8, 4) is 0 Å². The fourth-order valence-electron chi connectivity index (χ4n) is 2.44. The number of nitrogens with one attached hydrogen (secondary N) is 2. The van der Waals surface area contributed by atoms with Gasteiger partial charge >= 0.3 is 0 Å². The first-order valence-electron chi connectivity index (χ1n) is 6.66. The summed E-state index contributed by atoms with van der Waals surface area (Å²) in [7, 11) is 0. The minimum Gasteiger partial charge on any atom is -0.463 e. The van der Waals surface area contributed by atoms with Crippen LogP contribution in [0.5, 0.6) is 0 Å². The van der Waals surface area contributed by atoms with Crippen molar-refractivity contribution in [3.63, 3.8) is 0 Å². The Morgan fingerprint density at radius 2 is 1.86 bits per heavy atom. The van der Waals surface area contributed by atoms with Crippen LogP contribution in [0.1, 0.15) is 10.5 Å². The van der Waals surface area contributed by atoms with Crippen LogP contribution in [0.3, 0.4) is 0 Å². The van der Waals surface area contributed by atoms with E-state index < -0.39 is 0 Å². The highest BCUT2D eigenvalue weighted by atomic mass is 16.3. The van der Waals surface area contributed by atoms with E-state index >= 15 is 0 Å². The topological polar surface area (TPSA) is 58.0 Å². The molecule has 0 saturated carbocycles. The number of carbonyl (C=O) groups is 1. The lowest BCUT2D eigenvalue weighted by Crippen LogP contribution is -2.12. The predicted octanol–water partition coefficient (Wildman–Crippen LogP) is 4.17. The molecule has 2 N–H and O–H groups in total. The Bertz CT molecular complexity index is 921. The second-order valence-electron chi connectivity index (χ2n) is 4.90. The van der Waals surface area contributed by atoms with Crippen LogP contribution in [-0.2, 0) is 0 Å². The Morgan fingerprint density at radius 3 is 2.71 bits per heavy atom. The normalized spacial score (nSPS) is 11.0. The predicted molar refractivity (Wildman–Crippen MR) is 82.5 cm³/mol. The maximum Gasteiger partial charge on any atom is 0.272 e. The molecule has 2 heterocycles. The van der Waals surface area contributed by atoms with Crippen LogP contribution in [0.4, 0.5) is 5.69 Å². The standard InChI is InChI=1S/C17H12N2O2/c20-17(15-10-16-14(19-15)7-8-21-16)18-13-6-5-11-3-1-2-4-12(11)9-13/h1-10,19H,(H,18,20). The third-order valence-electron chi connectivity index (χ3n) is 3.49. The molecule has 102 valence electrons. The quantitative estimate of drug-likeness (QED) is 0.577. The summed E-state index contributed by atoms with van der Waals surface area (Å²) in [6.45, 7) is 0. The molecule has 0 aliphatic rings. The number of aromatic amines is 1. The Labute approximate surface area is 120 Å². The number of anilines is 1. The zero-order valence-corrected chi connectivity index (χ0v) is 11.1. The molecule has 4 aromatic rings. The van der Waals surface area contributed by atoms with Gasteiger partial charge in [0.05, 0.1) is 11.8 Å². The van der Waals surface area contributed by atoms with Crippen molar-refractivity contribution in [1.82, 2.24) is 4.98 Å². The third-order valence-corrected chi connectivity index (χ3v) is 3.49. The minimum atomic E-state index is -0.184. The monoisotopic (exact) mass is 276 g/mol. The molecule has 21 heavy (non-hydrogen) atoms. The maximum atomic E-state index is 12.2. The first-order chi connectivity index (χ1) is 10.3. The van der Waals surface area contributed by atoms with Crippen LogP contribution < -0.4 is 5.32 Å². The number of hydrogen-bond donors (Lipinski definition) is 2. The van der Waals surface area contributed by atoms with Crippen molar-refractivity contribution >= 4 is 33.5 Å². The van der Waals surface area contributed by atoms with E-state index in [1.165, 1.54) is 0 Å². The Balaban J connectivity index is 1.64. The molecule has 1 amide bonds. The van der Waals surface area contributed by atoms with Gasteiger partial charge in [0.2, 0.25) is 0 Å². The molecule has 4 heteroatoms. The molecular weight excluding hydrogens is 264 g/mol. The second-order valence-corrected chi connectivity index (χ2v) is 4.90. The number of carbonyl (C=O) groups excluding carboxylic acids is 1. The Morgan fingerprint density at radius 1 is 1.00 bits per heavy atom. The van der Waals surface area contributed by atoms with E-state index in [1.807, 2.05) is 42.5 Å². The first kappa shape index (κ1) is 11.8. The van der Waals surface area contributed by atoms with Crippen LogP contribution in [0.25, 0.3) is 21.9 Å². The number of fused-ring (bicyclic) bond motifs is 2. The lowest BCUT2D eigenvalue weighted by Gasteiger charge is -2.05. The van der Waals surface area contributed by atoms with Crippen LogP contribution in [0.2, 0.25) is 0 Å². The van der Waals surface area contributed by atoms with Crippen molar-refractivity contribution in [2.24, 2.45) is 0 Å². The SMILES string of the molecule is O=C(Nc1ccc2ccccc2c1)c1cc2occc2[nH]1. The van der Waals surface area contributed by atoms with Gasteiger partial charge in [-0.1, -0.05) is 30.3 Å². The summed E-state index contributed by atoms with van der Waals surface area (Å²) in [6, 6.07) is 17.4. The van der Waals surface area contributed by atoms with E-state index in [0.29, 0.717) is 11.3 Å². The summed E-state index contributed by atoms with van der Waals surface area (Å²) >= 11 is 0. The average Bonchev–Trinajstić information content (AvgIpc) is 3.08. The van der Waals surface area contributed by atoms with Gasteiger partial charge in [-0.25, -0.2) is 0 Å². The minimum absolute atomic E-state index is 0.184. The van der Waals surface area contributed by atoms with Crippen molar-refractivity contribution in [2.45, 2.75) is 0 Å². The summed E-state index contributed by atoms with van der Waals surface area (Å²) in [5.74, 6) is -0.184. The molecule has 0 aliphatic carbocycles. The molecule has 0 spiro atoms. The van der Waals surface area contributed by atoms with Gasteiger partial charge in [-0.3, -0.25) is 4.79 Å². The summed E-state index contributed by atoms with van der Waals surface area (Å²) in [4.78, 5) is 15.3. The van der Waals surface area contributed by atoms with Gasteiger partial charge in [-0.2, -0.15) is 0 Å². The molecule has 0 bridgehead atoms. The maximum absolute atomic E-state index is 12.2. The molecule has 2 aromatic heterocycles. The number of furan rings is 1. The van der Waals surface area contributed by atoms with Crippen molar-refractivity contribution in [1.29, 1.82) is 0 Å². The third kappa shape index (κ3) is 2.07. The van der Waals surface area contributed by atoms with E-state index in [4.69, 9.17) is 4.42 Å². The van der Waals surface area contributed by atoms with Crippen molar-refractivity contribution in [2.75, 3.05) is 5.32 Å². The Hall–Kier alpha value is -3.01. The van der Waals surface area contributed by atoms with E-state index in [1.54, 1.807) is 18.4 Å². The van der Waals surface area contributed by atoms with Gasteiger partial charge in [-0.15, -0.1) is 0 Å². The summed E-state index contributed by atoms with van der Waals surface area (Å²) in [5, 5.41) is 5.13. The largest absolute Gasteiger partial charge is 0.463 e. The molecular formula is C17H12N2O2. The zero-order valence-electron chi connectivity index (χ0n) is 11.1. The first-order valence-corrected chi connectivity index (χ1v) is 6.66. The van der Waals surface area contributed by atoms with Crippen LogP contribution in [0, 0.1) is 0 Å². The van der Waals surface area contributed by atoms with Crippen LogP contribution in [-0.4, -0.2) is 10.9 Å².